The molecule has 132 valence electrons. The first-order valence-corrected chi connectivity index (χ1v) is 11.1. The number of rotatable bonds is 3. The molecular formula is C17H31N3O2S. The van der Waals surface area contributed by atoms with E-state index in [1.807, 2.05) is 0 Å². The summed E-state index contributed by atoms with van der Waals surface area (Å²) < 4.78 is 23.1. The zero-order chi connectivity index (χ0) is 16.3. The Hall–Kier alpha value is -0.780. The minimum Gasteiger partial charge on any atom is -0.356 e. The molecule has 2 N–H and O–H groups in total. The Morgan fingerprint density at radius 2 is 1.87 bits per heavy atom. The summed E-state index contributed by atoms with van der Waals surface area (Å²) in [5, 5.41) is 6.92. The Morgan fingerprint density at radius 1 is 1.09 bits per heavy atom. The molecule has 1 saturated heterocycles. The van der Waals surface area contributed by atoms with Crippen LogP contribution in [0.3, 0.4) is 0 Å². The maximum absolute atomic E-state index is 11.5. The van der Waals surface area contributed by atoms with Gasteiger partial charge in [-0.3, -0.25) is 4.99 Å². The molecule has 4 atom stereocenters. The van der Waals surface area contributed by atoms with Gasteiger partial charge in [0, 0.05) is 19.6 Å². The molecule has 3 fully saturated rings. The van der Waals surface area contributed by atoms with Gasteiger partial charge in [-0.1, -0.05) is 25.7 Å². The molecule has 0 radical (unpaired) electrons. The van der Waals surface area contributed by atoms with Crippen molar-refractivity contribution in [2.45, 2.75) is 57.4 Å². The molecule has 1 aliphatic heterocycles. The summed E-state index contributed by atoms with van der Waals surface area (Å²) in [5.74, 6) is 3.59. The highest BCUT2D eigenvalue weighted by Crippen LogP contribution is 2.40. The van der Waals surface area contributed by atoms with Gasteiger partial charge in [0.2, 0.25) is 0 Å². The van der Waals surface area contributed by atoms with E-state index in [1.54, 1.807) is 7.05 Å². The molecular weight excluding hydrogens is 310 g/mol. The van der Waals surface area contributed by atoms with E-state index in [1.165, 1.54) is 44.9 Å². The number of nitrogens with zero attached hydrogens (tertiary/aromatic N) is 1. The quantitative estimate of drug-likeness (QED) is 0.608. The predicted molar refractivity (Wildman–Crippen MR) is 94.3 cm³/mol. The van der Waals surface area contributed by atoms with Crippen LogP contribution in [-0.2, 0) is 9.84 Å². The van der Waals surface area contributed by atoms with E-state index < -0.39 is 9.84 Å². The molecule has 23 heavy (non-hydrogen) atoms. The van der Waals surface area contributed by atoms with Gasteiger partial charge in [0.1, 0.15) is 0 Å². The third-order valence-corrected chi connectivity index (χ3v) is 7.83. The molecule has 3 rings (SSSR count). The van der Waals surface area contributed by atoms with Gasteiger partial charge >= 0.3 is 0 Å². The van der Waals surface area contributed by atoms with Crippen LogP contribution < -0.4 is 10.6 Å². The second kappa shape index (κ2) is 7.41. The largest absolute Gasteiger partial charge is 0.356 e. The average Bonchev–Trinajstić information content (AvgIpc) is 2.90. The van der Waals surface area contributed by atoms with Crippen LogP contribution in [-0.4, -0.2) is 45.5 Å². The van der Waals surface area contributed by atoms with Crippen LogP contribution in [0.25, 0.3) is 0 Å². The van der Waals surface area contributed by atoms with Crippen molar-refractivity contribution in [2.75, 3.05) is 25.1 Å². The van der Waals surface area contributed by atoms with Crippen molar-refractivity contribution < 1.29 is 8.42 Å². The third-order valence-electron chi connectivity index (χ3n) is 5.99. The number of nitrogens with one attached hydrogen (secondary N) is 2. The lowest BCUT2D eigenvalue weighted by atomic mass is 9.69. The zero-order valence-electron chi connectivity index (χ0n) is 14.3. The summed E-state index contributed by atoms with van der Waals surface area (Å²) in [6, 6.07) is 0.521. The van der Waals surface area contributed by atoms with Gasteiger partial charge in [-0.15, -0.1) is 0 Å². The second-order valence-corrected chi connectivity index (χ2v) is 9.91. The number of hydrogen-bond donors (Lipinski definition) is 2. The van der Waals surface area contributed by atoms with Crippen LogP contribution in [0.15, 0.2) is 4.99 Å². The van der Waals surface area contributed by atoms with Crippen molar-refractivity contribution in [3.63, 3.8) is 0 Å². The van der Waals surface area contributed by atoms with Crippen molar-refractivity contribution in [2.24, 2.45) is 22.7 Å². The monoisotopic (exact) mass is 341 g/mol. The van der Waals surface area contributed by atoms with Crippen molar-refractivity contribution in [3.8, 4) is 0 Å². The molecule has 2 aliphatic carbocycles. The molecule has 5 nitrogen and oxygen atoms in total. The van der Waals surface area contributed by atoms with E-state index in [0.29, 0.717) is 24.1 Å². The van der Waals surface area contributed by atoms with Gasteiger partial charge in [0.15, 0.2) is 15.8 Å². The standard InChI is InChI=1S/C17H31N3O2S/c1-18-17(19-11-13-8-9-23(21,22)12-13)20-16-7-6-14-4-2-3-5-15(14)10-16/h13-16H,2-12H2,1H3,(H2,18,19,20). The van der Waals surface area contributed by atoms with Gasteiger partial charge in [-0.05, 0) is 43.4 Å². The van der Waals surface area contributed by atoms with Gasteiger partial charge in [-0.25, -0.2) is 8.42 Å². The number of hydrogen-bond acceptors (Lipinski definition) is 3. The van der Waals surface area contributed by atoms with Crippen LogP contribution in [0.1, 0.15) is 51.4 Å². The van der Waals surface area contributed by atoms with Gasteiger partial charge < -0.3 is 10.6 Å². The molecule has 0 aromatic carbocycles. The van der Waals surface area contributed by atoms with E-state index in [9.17, 15) is 8.42 Å². The smallest absolute Gasteiger partial charge is 0.191 e. The predicted octanol–water partition coefficient (Wildman–Crippen LogP) is 1.94. The van der Waals surface area contributed by atoms with Crippen molar-refractivity contribution in [3.05, 3.63) is 0 Å². The van der Waals surface area contributed by atoms with E-state index >= 15 is 0 Å². The minimum atomic E-state index is -2.79. The Bertz CT molecular complexity index is 532. The first-order valence-electron chi connectivity index (χ1n) is 9.23. The van der Waals surface area contributed by atoms with Crippen LogP contribution in [0.5, 0.6) is 0 Å². The van der Waals surface area contributed by atoms with Gasteiger partial charge in [0.25, 0.3) is 0 Å². The highest BCUT2D eigenvalue weighted by molar-refractivity contribution is 7.91. The highest BCUT2D eigenvalue weighted by Gasteiger charge is 2.32. The summed E-state index contributed by atoms with van der Waals surface area (Å²) >= 11 is 0. The molecule has 3 aliphatic rings. The summed E-state index contributed by atoms with van der Waals surface area (Å²) in [5.41, 5.74) is 0. The van der Waals surface area contributed by atoms with E-state index in [2.05, 4.69) is 15.6 Å². The summed E-state index contributed by atoms with van der Waals surface area (Å²) in [6.07, 6.45) is 10.3. The summed E-state index contributed by atoms with van der Waals surface area (Å²) in [4.78, 5) is 4.33. The molecule has 0 bridgehead atoms. The lowest BCUT2D eigenvalue weighted by Gasteiger charge is -2.40. The molecule has 4 unspecified atom stereocenters. The molecule has 0 amide bonds. The molecule has 0 spiro atoms. The first-order chi connectivity index (χ1) is 11.1. The Morgan fingerprint density at radius 3 is 2.57 bits per heavy atom. The van der Waals surface area contributed by atoms with Crippen LogP contribution in [0.4, 0.5) is 0 Å². The zero-order valence-corrected chi connectivity index (χ0v) is 15.1. The number of guanidine groups is 1. The van der Waals surface area contributed by atoms with Crippen LogP contribution in [0, 0.1) is 17.8 Å². The number of fused-ring (bicyclic) bond motifs is 1. The first kappa shape index (κ1) is 17.1. The van der Waals surface area contributed by atoms with E-state index in [0.717, 1.165) is 24.2 Å². The third kappa shape index (κ3) is 4.61. The van der Waals surface area contributed by atoms with Crippen LogP contribution >= 0.6 is 0 Å². The maximum Gasteiger partial charge on any atom is 0.191 e. The number of aliphatic imine (C=N–C) groups is 1. The highest BCUT2D eigenvalue weighted by atomic mass is 32.2. The molecule has 1 heterocycles. The fourth-order valence-corrected chi connectivity index (χ4v) is 6.53. The Kier molecular flexibility index (Phi) is 5.49. The number of sulfone groups is 1. The molecule has 6 heteroatoms. The van der Waals surface area contributed by atoms with E-state index in [-0.39, 0.29) is 5.92 Å². The van der Waals surface area contributed by atoms with E-state index in [4.69, 9.17) is 0 Å². The Labute approximate surface area is 140 Å². The second-order valence-electron chi connectivity index (χ2n) is 7.68. The average molecular weight is 342 g/mol. The fourth-order valence-electron chi connectivity index (χ4n) is 4.67. The molecule has 0 aromatic heterocycles. The van der Waals surface area contributed by atoms with Gasteiger partial charge in [0.05, 0.1) is 11.5 Å². The van der Waals surface area contributed by atoms with Crippen molar-refractivity contribution >= 4 is 15.8 Å². The minimum absolute atomic E-state index is 0.229. The molecule has 2 saturated carbocycles. The Balaban J connectivity index is 1.44. The van der Waals surface area contributed by atoms with Gasteiger partial charge in [-0.2, -0.15) is 0 Å². The van der Waals surface area contributed by atoms with Crippen LogP contribution in [0.2, 0.25) is 0 Å². The molecule has 0 aromatic rings. The van der Waals surface area contributed by atoms with Crippen molar-refractivity contribution in [1.29, 1.82) is 0 Å². The topological polar surface area (TPSA) is 70.6 Å². The maximum atomic E-state index is 11.5. The lowest BCUT2D eigenvalue weighted by molar-refractivity contribution is 0.150. The normalized spacial score (nSPS) is 37.2. The SMILES string of the molecule is CN=C(NCC1CCS(=O)(=O)C1)NC1CCC2CCCCC2C1. The summed E-state index contributed by atoms with van der Waals surface area (Å²) in [6.45, 7) is 0.706. The lowest BCUT2D eigenvalue weighted by Crippen LogP contribution is -2.47. The summed E-state index contributed by atoms with van der Waals surface area (Å²) in [7, 11) is -0.992. The fraction of sp³-hybridized carbons (Fsp3) is 0.941. The van der Waals surface area contributed by atoms with Crippen molar-refractivity contribution in [1.82, 2.24) is 10.6 Å².